The Bertz CT molecular complexity index is 1130. The molecule has 2 aromatic carbocycles. The number of benzene rings is 2. The van der Waals surface area contributed by atoms with E-state index in [2.05, 4.69) is 20.2 Å². The second kappa shape index (κ2) is 10.8. The first-order valence-electron chi connectivity index (χ1n) is 10.3. The summed E-state index contributed by atoms with van der Waals surface area (Å²) in [7, 11) is -1.74. The van der Waals surface area contributed by atoms with Crippen LogP contribution in [0.4, 0.5) is 11.4 Å². The van der Waals surface area contributed by atoms with Gasteiger partial charge in [-0.05, 0) is 61.4 Å². The molecule has 0 fully saturated rings. The minimum atomic E-state index is -3.34. The lowest BCUT2D eigenvalue weighted by atomic mass is 10.2. The fourth-order valence-corrected chi connectivity index (χ4v) is 4.09. The summed E-state index contributed by atoms with van der Waals surface area (Å²) in [5.41, 5.74) is 1.87. The maximum absolute atomic E-state index is 12.2. The maximum Gasteiger partial charge on any atom is 0.232 e. The van der Waals surface area contributed by atoms with Crippen LogP contribution in [-0.4, -0.2) is 37.3 Å². The van der Waals surface area contributed by atoms with Crippen LogP contribution in [0.3, 0.4) is 0 Å². The van der Waals surface area contributed by atoms with Crippen LogP contribution in [0.1, 0.15) is 32.1 Å². The summed E-state index contributed by atoms with van der Waals surface area (Å²) in [4.78, 5) is 16.6. The number of ether oxygens (including phenoxy) is 1. The van der Waals surface area contributed by atoms with Gasteiger partial charge in [0, 0.05) is 29.8 Å². The smallest absolute Gasteiger partial charge is 0.232 e. The molecule has 0 aliphatic rings. The van der Waals surface area contributed by atoms with E-state index in [4.69, 9.17) is 9.26 Å². The molecule has 0 bridgehead atoms. The summed E-state index contributed by atoms with van der Waals surface area (Å²) >= 11 is 0. The van der Waals surface area contributed by atoms with Crippen molar-refractivity contribution < 1.29 is 22.5 Å². The number of carbonyl (C=O) groups excluding carboxylic acids is 1. The number of amides is 1. The molecule has 170 valence electrons. The number of hydrogen-bond acceptors (Lipinski definition) is 7. The van der Waals surface area contributed by atoms with E-state index in [0.29, 0.717) is 42.4 Å². The fraction of sp³-hybridized carbons (Fsp3) is 0.318. The van der Waals surface area contributed by atoms with Crippen LogP contribution in [0.2, 0.25) is 0 Å². The van der Waals surface area contributed by atoms with Gasteiger partial charge in [-0.2, -0.15) is 4.98 Å². The SMILES string of the molecule is CCCS(=O)(=O)Nc1ccc(NC(=O)CCCc2nc(-c3ccc(OC)cc3)no2)cc1. The van der Waals surface area contributed by atoms with E-state index in [1.54, 1.807) is 38.3 Å². The molecule has 0 atom stereocenters. The predicted molar refractivity (Wildman–Crippen MR) is 122 cm³/mol. The van der Waals surface area contributed by atoms with Gasteiger partial charge in [-0.25, -0.2) is 8.42 Å². The Morgan fingerprint density at radius 1 is 1.06 bits per heavy atom. The average Bonchev–Trinajstić information content (AvgIpc) is 3.24. The van der Waals surface area contributed by atoms with Crippen molar-refractivity contribution in [1.29, 1.82) is 0 Å². The van der Waals surface area contributed by atoms with Gasteiger partial charge in [0.15, 0.2) is 0 Å². The Hall–Kier alpha value is -3.40. The van der Waals surface area contributed by atoms with Crippen LogP contribution in [0, 0.1) is 0 Å². The lowest BCUT2D eigenvalue weighted by Gasteiger charge is -2.09. The monoisotopic (exact) mass is 458 g/mol. The maximum atomic E-state index is 12.2. The van der Waals surface area contributed by atoms with Crippen LogP contribution >= 0.6 is 0 Å². The minimum absolute atomic E-state index is 0.0626. The number of aryl methyl sites for hydroxylation is 1. The number of sulfonamides is 1. The topological polar surface area (TPSA) is 123 Å². The zero-order valence-electron chi connectivity index (χ0n) is 18.0. The molecule has 32 heavy (non-hydrogen) atoms. The number of rotatable bonds is 11. The van der Waals surface area contributed by atoms with Gasteiger partial charge in [0.25, 0.3) is 0 Å². The number of nitrogens with zero attached hydrogens (tertiary/aromatic N) is 2. The molecule has 0 radical (unpaired) electrons. The second-order valence-corrected chi connectivity index (χ2v) is 8.98. The highest BCUT2D eigenvalue weighted by molar-refractivity contribution is 7.92. The third-order valence-corrected chi connectivity index (χ3v) is 6.02. The van der Waals surface area contributed by atoms with Gasteiger partial charge in [0.2, 0.25) is 27.6 Å². The molecule has 1 aromatic heterocycles. The number of methoxy groups -OCH3 is 1. The van der Waals surface area contributed by atoms with Gasteiger partial charge in [-0.1, -0.05) is 12.1 Å². The summed E-state index contributed by atoms with van der Waals surface area (Å²) in [6, 6.07) is 13.9. The van der Waals surface area contributed by atoms with E-state index in [1.165, 1.54) is 0 Å². The minimum Gasteiger partial charge on any atom is -0.497 e. The van der Waals surface area contributed by atoms with Crippen LogP contribution in [0.15, 0.2) is 53.1 Å². The molecule has 9 nitrogen and oxygen atoms in total. The second-order valence-electron chi connectivity index (χ2n) is 7.14. The van der Waals surface area contributed by atoms with Crippen molar-refractivity contribution in [3.8, 4) is 17.1 Å². The van der Waals surface area contributed by atoms with E-state index in [9.17, 15) is 13.2 Å². The molecular formula is C22H26N4O5S. The summed E-state index contributed by atoms with van der Waals surface area (Å²) in [5, 5.41) is 6.77. The van der Waals surface area contributed by atoms with Crippen LogP contribution in [0.25, 0.3) is 11.4 Å². The van der Waals surface area contributed by atoms with Crippen LogP contribution < -0.4 is 14.8 Å². The lowest BCUT2D eigenvalue weighted by molar-refractivity contribution is -0.116. The van der Waals surface area contributed by atoms with Gasteiger partial charge in [0.1, 0.15) is 5.75 Å². The third kappa shape index (κ3) is 6.81. The first-order chi connectivity index (χ1) is 15.4. The molecule has 1 amide bonds. The molecule has 2 N–H and O–H groups in total. The molecule has 0 unspecified atom stereocenters. The molecule has 0 saturated heterocycles. The van der Waals surface area contributed by atoms with E-state index >= 15 is 0 Å². The zero-order chi connectivity index (χ0) is 23.0. The molecule has 0 aliphatic carbocycles. The molecular weight excluding hydrogens is 432 g/mol. The van der Waals surface area contributed by atoms with E-state index in [1.807, 2.05) is 24.3 Å². The Labute approximate surface area is 187 Å². The summed E-state index contributed by atoms with van der Waals surface area (Å²) in [6.07, 6.45) is 1.85. The number of hydrogen-bond donors (Lipinski definition) is 2. The molecule has 0 saturated carbocycles. The normalized spacial score (nSPS) is 11.2. The van der Waals surface area contributed by atoms with E-state index in [-0.39, 0.29) is 18.1 Å². The Morgan fingerprint density at radius 3 is 2.41 bits per heavy atom. The van der Waals surface area contributed by atoms with E-state index in [0.717, 1.165) is 11.3 Å². The highest BCUT2D eigenvalue weighted by Gasteiger charge is 2.11. The van der Waals surface area contributed by atoms with Crippen LogP contribution in [0.5, 0.6) is 5.75 Å². The molecule has 3 aromatic rings. The first kappa shape index (κ1) is 23.3. The molecule has 0 spiro atoms. The highest BCUT2D eigenvalue weighted by atomic mass is 32.2. The standard InChI is InChI=1S/C22H26N4O5S/c1-3-15-32(28,29)26-18-11-9-17(10-12-18)23-20(27)5-4-6-21-24-22(25-31-21)16-7-13-19(30-2)14-8-16/h7-14,26H,3-6,15H2,1-2H3,(H,23,27). The third-order valence-electron chi connectivity index (χ3n) is 4.53. The van der Waals surface area contributed by atoms with Crippen molar-refractivity contribution in [2.45, 2.75) is 32.6 Å². The number of nitrogens with one attached hydrogen (secondary N) is 2. The largest absolute Gasteiger partial charge is 0.497 e. The van der Waals surface area contributed by atoms with Crippen molar-refractivity contribution in [3.63, 3.8) is 0 Å². The van der Waals surface area contributed by atoms with Crippen molar-refractivity contribution in [1.82, 2.24) is 10.1 Å². The van der Waals surface area contributed by atoms with Gasteiger partial charge in [-0.15, -0.1) is 0 Å². The number of aromatic nitrogens is 2. The highest BCUT2D eigenvalue weighted by Crippen LogP contribution is 2.20. The Balaban J connectivity index is 1.45. The zero-order valence-corrected chi connectivity index (χ0v) is 18.8. The molecule has 3 rings (SSSR count). The van der Waals surface area contributed by atoms with Gasteiger partial charge in [-0.3, -0.25) is 9.52 Å². The van der Waals surface area contributed by atoms with E-state index < -0.39 is 10.0 Å². The lowest BCUT2D eigenvalue weighted by Crippen LogP contribution is -2.16. The van der Waals surface area contributed by atoms with Gasteiger partial charge >= 0.3 is 0 Å². The Kier molecular flexibility index (Phi) is 7.82. The summed E-state index contributed by atoms with van der Waals surface area (Å²) in [5.74, 6) is 1.61. The predicted octanol–water partition coefficient (Wildman–Crippen LogP) is 3.86. The average molecular weight is 459 g/mol. The summed E-state index contributed by atoms with van der Waals surface area (Å²) in [6.45, 7) is 1.80. The Morgan fingerprint density at radius 2 is 1.75 bits per heavy atom. The number of anilines is 2. The van der Waals surface area contributed by atoms with Crippen molar-refractivity contribution in [2.24, 2.45) is 0 Å². The first-order valence-corrected chi connectivity index (χ1v) is 11.9. The van der Waals surface area contributed by atoms with Gasteiger partial charge in [0.05, 0.1) is 12.9 Å². The van der Waals surface area contributed by atoms with Gasteiger partial charge < -0.3 is 14.6 Å². The summed E-state index contributed by atoms with van der Waals surface area (Å²) < 4.78 is 36.5. The van der Waals surface area contributed by atoms with Crippen molar-refractivity contribution in [3.05, 3.63) is 54.4 Å². The fourth-order valence-electron chi connectivity index (χ4n) is 2.96. The molecule has 1 heterocycles. The number of carbonyl (C=O) groups is 1. The van der Waals surface area contributed by atoms with Crippen molar-refractivity contribution >= 4 is 27.3 Å². The molecule has 10 heteroatoms. The molecule has 0 aliphatic heterocycles. The quantitative estimate of drug-likeness (QED) is 0.447. The van der Waals surface area contributed by atoms with Crippen LogP contribution in [-0.2, 0) is 21.2 Å². The van der Waals surface area contributed by atoms with Crippen molar-refractivity contribution in [2.75, 3.05) is 22.9 Å².